The monoisotopic (exact) mass is 358 g/mol. The predicted molar refractivity (Wildman–Crippen MR) is 101 cm³/mol. The van der Waals surface area contributed by atoms with Crippen molar-refractivity contribution in [1.82, 2.24) is 10.3 Å². The first-order valence-corrected chi connectivity index (χ1v) is 8.34. The van der Waals surface area contributed by atoms with Crippen molar-refractivity contribution < 1.29 is 4.79 Å². The second-order valence-corrected chi connectivity index (χ2v) is 6.30. The molecule has 24 heavy (non-hydrogen) atoms. The molecule has 3 rings (SSSR count). The van der Waals surface area contributed by atoms with Gasteiger partial charge < -0.3 is 10.3 Å². The van der Waals surface area contributed by atoms with Crippen LogP contribution in [0.25, 0.3) is 17.0 Å². The second-order valence-electron chi connectivity index (χ2n) is 5.43. The van der Waals surface area contributed by atoms with Crippen LogP contribution in [0.3, 0.4) is 0 Å². The van der Waals surface area contributed by atoms with Crippen LogP contribution in [0, 0.1) is 0 Å². The SMILES string of the molecule is O=C(/C=C/c1ccc(Cl)cc1)NCCc1c[nH]c2ccc(Cl)cc12. The molecule has 1 amide bonds. The smallest absolute Gasteiger partial charge is 0.244 e. The third-order valence-electron chi connectivity index (χ3n) is 3.72. The first-order valence-electron chi connectivity index (χ1n) is 7.59. The Morgan fingerprint density at radius 3 is 2.62 bits per heavy atom. The molecule has 0 aliphatic carbocycles. The third-order valence-corrected chi connectivity index (χ3v) is 4.21. The molecule has 0 saturated heterocycles. The Labute approximate surface area is 150 Å². The number of halogens is 2. The maximum atomic E-state index is 11.9. The topological polar surface area (TPSA) is 44.9 Å². The summed E-state index contributed by atoms with van der Waals surface area (Å²) >= 11 is 11.9. The number of hydrogen-bond acceptors (Lipinski definition) is 1. The van der Waals surface area contributed by atoms with Gasteiger partial charge >= 0.3 is 0 Å². The zero-order valence-electron chi connectivity index (χ0n) is 12.9. The fraction of sp³-hybridized carbons (Fsp3) is 0.105. The largest absolute Gasteiger partial charge is 0.361 e. The van der Waals surface area contributed by atoms with E-state index in [2.05, 4.69) is 10.3 Å². The van der Waals surface area contributed by atoms with Crippen LogP contribution in [0.5, 0.6) is 0 Å². The molecule has 2 N–H and O–H groups in total. The Morgan fingerprint density at radius 2 is 1.83 bits per heavy atom. The van der Waals surface area contributed by atoms with Gasteiger partial charge in [-0.05, 0) is 54.0 Å². The first-order chi connectivity index (χ1) is 11.6. The maximum Gasteiger partial charge on any atom is 0.244 e. The van der Waals surface area contributed by atoms with Crippen LogP contribution in [0.15, 0.2) is 54.7 Å². The highest BCUT2D eigenvalue weighted by Gasteiger charge is 2.04. The number of nitrogens with one attached hydrogen (secondary N) is 2. The minimum atomic E-state index is -0.122. The number of carbonyl (C=O) groups is 1. The lowest BCUT2D eigenvalue weighted by molar-refractivity contribution is -0.116. The number of amides is 1. The number of hydrogen-bond donors (Lipinski definition) is 2. The van der Waals surface area contributed by atoms with Crippen molar-refractivity contribution in [1.29, 1.82) is 0 Å². The summed E-state index contributed by atoms with van der Waals surface area (Å²) in [6.07, 6.45) is 5.98. The van der Waals surface area contributed by atoms with Gasteiger partial charge in [0.2, 0.25) is 5.91 Å². The highest BCUT2D eigenvalue weighted by molar-refractivity contribution is 6.31. The molecule has 3 nitrogen and oxygen atoms in total. The van der Waals surface area contributed by atoms with E-state index in [1.807, 2.05) is 36.5 Å². The fourth-order valence-corrected chi connectivity index (χ4v) is 2.78. The lowest BCUT2D eigenvalue weighted by atomic mass is 10.1. The van der Waals surface area contributed by atoms with Gasteiger partial charge in [-0.1, -0.05) is 35.3 Å². The second kappa shape index (κ2) is 7.56. The van der Waals surface area contributed by atoms with Crippen LogP contribution in [0.4, 0.5) is 0 Å². The summed E-state index contributed by atoms with van der Waals surface area (Å²) in [4.78, 5) is 15.1. The average molecular weight is 359 g/mol. The Hall–Kier alpha value is -2.23. The average Bonchev–Trinajstić information content (AvgIpc) is 2.97. The molecule has 0 saturated carbocycles. The standard InChI is InChI=1S/C19H16Cl2N2O/c20-15-4-1-13(2-5-15)3-8-19(24)22-10-9-14-12-23-18-7-6-16(21)11-17(14)18/h1-8,11-12,23H,9-10H2,(H,22,24)/b8-3+. The summed E-state index contributed by atoms with van der Waals surface area (Å²) in [6, 6.07) is 13.1. The Bertz CT molecular complexity index is 882. The van der Waals surface area contributed by atoms with Crippen LogP contribution in [-0.2, 0) is 11.2 Å². The molecule has 0 radical (unpaired) electrons. The highest BCUT2D eigenvalue weighted by Crippen LogP contribution is 2.22. The minimum absolute atomic E-state index is 0.122. The van der Waals surface area contributed by atoms with Gasteiger partial charge in [-0.25, -0.2) is 0 Å². The molecule has 1 aromatic heterocycles. The van der Waals surface area contributed by atoms with Crippen molar-refractivity contribution in [3.63, 3.8) is 0 Å². The minimum Gasteiger partial charge on any atom is -0.361 e. The van der Waals surface area contributed by atoms with E-state index in [0.29, 0.717) is 16.6 Å². The van der Waals surface area contributed by atoms with Crippen molar-refractivity contribution in [3.8, 4) is 0 Å². The lowest BCUT2D eigenvalue weighted by Crippen LogP contribution is -2.23. The van der Waals surface area contributed by atoms with Gasteiger partial charge in [0.1, 0.15) is 0 Å². The summed E-state index contributed by atoms with van der Waals surface area (Å²) in [5.41, 5.74) is 3.11. The molecule has 0 atom stereocenters. The molecule has 0 bridgehead atoms. The third kappa shape index (κ3) is 4.19. The number of benzene rings is 2. The summed E-state index contributed by atoms with van der Waals surface area (Å²) in [7, 11) is 0. The molecule has 0 aliphatic heterocycles. The molecule has 1 heterocycles. The van der Waals surface area contributed by atoms with Crippen LogP contribution < -0.4 is 5.32 Å². The lowest BCUT2D eigenvalue weighted by Gasteiger charge is -2.02. The summed E-state index contributed by atoms with van der Waals surface area (Å²) in [5.74, 6) is -0.122. The van der Waals surface area contributed by atoms with E-state index < -0.39 is 0 Å². The van der Waals surface area contributed by atoms with E-state index in [-0.39, 0.29) is 5.91 Å². The van der Waals surface area contributed by atoms with E-state index in [0.717, 1.165) is 28.5 Å². The molecule has 122 valence electrons. The van der Waals surface area contributed by atoms with E-state index in [1.54, 1.807) is 18.2 Å². The van der Waals surface area contributed by atoms with Crippen molar-refractivity contribution in [2.24, 2.45) is 0 Å². The number of aromatic amines is 1. The van der Waals surface area contributed by atoms with Gasteiger partial charge in [-0.2, -0.15) is 0 Å². The first kappa shape index (κ1) is 16.6. The summed E-state index contributed by atoms with van der Waals surface area (Å²) in [5, 5.41) is 5.36. The van der Waals surface area contributed by atoms with E-state index in [9.17, 15) is 4.79 Å². The Morgan fingerprint density at radius 1 is 1.08 bits per heavy atom. The van der Waals surface area contributed by atoms with Crippen molar-refractivity contribution >= 4 is 46.1 Å². The summed E-state index contributed by atoms with van der Waals surface area (Å²) < 4.78 is 0. The van der Waals surface area contributed by atoms with Crippen LogP contribution >= 0.6 is 23.2 Å². The predicted octanol–water partition coefficient (Wildman–Crippen LogP) is 4.85. The number of carbonyl (C=O) groups excluding carboxylic acids is 1. The quantitative estimate of drug-likeness (QED) is 0.629. The molecule has 0 unspecified atom stereocenters. The van der Waals surface area contributed by atoms with Crippen LogP contribution in [0.1, 0.15) is 11.1 Å². The molecular weight excluding hydrogens is 343 g/mol. The molecule has 2 aromatic carbocycles. The maximum absolute atomic E-state index is 11.9. The normalized spacial score (nSPS) is 11.2. The van der Waals surface area contributed by atoms with Gasteiger partial charge in [0, 0.05) is 39.8 Å². The Balaban J connectivity index is 1.54. The Kier molecular flexibility index (Phi) is 5.24. The molecular formula is C19H16Cl2N2O. The van der Waals surface area contributed by atoms with Crippen LogP contribution in [0.2, 0.25) is 10.0 Å². The highest BCUT2D eigenvalue weighted by atomic mass is 35.5. The van der Waals surface area contributed by atoms with E-state index in [1.165, 1.54) is 6.08 Å². The van der Waals surface area contributed by atoms with Gasteiger partial charge in [0.25, 0.3) is 0 Å². The van der Waals surface area contributed by atoms with Gasteiger partial charge in [0.15, 0.2) is 0 Å². The molecule has 0 fully saturated rings. The molecule has 3 aromatic rings. The van der Waals surface area contributed by atoms with Gasteiger partial charge in [0.05, 0.1) is 0 Å². The number of aromatic nitrogens is 1. The van der Waals surface area contributed by atoms with Crippen molar-refractivity contribution in [3.05, 3.63) is 75.9 Å². The molecule has 0 aliphatic rings. The molecule has 5 heteroatoms. The van der Waals surface area contributed by atoms with Crippen molar-refractivity contribution in [2.75, 3.05) is 6.54 Å². The summed E-state index contributed by atoms with van der Waals surface area (Å²) in [6.45, 7) is 0.559. The zero-order valence-corrected chi connectivity index (χ0v) is 14.4. The van der Waals surface area contributed by atoms with Crippen LogP contribution in [-0.4, -0.2) is 17.4 Å². The number of fused-ring (bicyclic) bond motifs is 1. The fourth-order valence-electron chi connectivity index (χ4n) is 2.48. The number of rotatable bonds is 5. The van der Waals surface area contributed by atoms with E-state index >= 15 is 0 Å². The van der Waals surface area contributed by atoms with Gasteiger partial charge in [-0.15, -0.1) is 0 Å². The van der Waals surface area contributed by atoms with Gasteiger partial charge in [-0.3, -0.25) is 4.79 Å². The van der Waals surface area contributed by atoms with Crippen molar-refractivity contribution in [2.45, 2.75) is 6.42 Å². The zero-order chi connectivity index (χ0) is 16.9. The van der Waals surface area contributed by atoms with E-state index in [4.69, 9.17) is 23.2 Å². The molecule has 0 spiro atoms. The number of H-pyrrole nitrogens is 1.